The van der Waals surface area contributed by atoms with E-state index in [2.05, 4.69) is 5.32 Å². The first-order valence-electron chi connectivity index (χ1n) is 9.94. The van der Waals surface area contributed by atoms with Crippen LogP contribution in [0.5, 0.6) is 0 Å². The largest absolute Gasteiger partial charge is 0.465 e. The maximum Gasteiger partial charge on any atom is 0.346 e. The highest BCUT2D eigenvalue weighted by molar-refractivity contribution is 7.88. The van der Waals surface area contributed by atoms with Gasteiger partial charge in [0.25, 0.3) is 0 Å². The van der Waals surface area contributed by atoms with Crippen LogP contribution in [0.25, 0.3) is 0 Å². The molecule has 0 aromatic rings. The minimum absolute atomic E-state index is 0.000400. The fourth-order valence-electron chi connectivity index (χ4n) is 3.06. The predicted octanol–water partition coefficient (Wildman–Crippen LogP) is 0.131. The van der Waals surface area contributed by atoms with E-state index < -0.39 is 56.7 Å². The van der Waals surface area contributed by atoms with Gasteiger partial charge in [0.1, 0.15) is 6.04 Å². The third-order valence-corrected chi connectivity index (χ3v) is 6.35. The number of nitrogens with zero attached hydrogens (tertiary/aromatic N) is 2. The van der Waals surface area contributed by atoms with E-state index in [9.17, 15) is 27.6 Å². The molecule has 3 atom stereocenters. The average molecular weight is 464 g/mol. The molecule has 2 aliphatic rings. The lowest BCUT2D eigenvalue weighted by Crippen LogP contribution is -2.50. The van der Waals surface area contributed by atoms with Gasteiger partial charge in [-0.1, -0.05) is 0 Å². The van der Waals surface area contributed by atoms with Crippen molar-refractivity contribution in [1.29, 1.82) is 0 Å². The molecular weight excluding hydrogens is 434 g/mol. The van der Waals surface area contributed by atoms with Crippen molar-refractivity contribution in [3.05, 3.63) is 0 Å². The first-order chi connectivity index (χ1) is 14.3. The number of hydrogen-bond acceptors (Lipinski definition) is 9. The summed E-state index contributed by atoms with van der Waals surface area (Å²) >= 11 is 0. The van der Waals surface area contributed by atoms with Crippen molar-refractivity contribution >= 4 is 34.0 Å². The molecule has 176 valence electrons. The van der Waals surface area contributed by atoms with Crippen LogP contribution in [0.15, 0.2) is 0 Å². The van der Waals surface area contributed by atoms with Gasteiger partial charge in [0, 0.05) is 6.54 Å². The van der Waals surface area contributed by atoms with Gasteiger partial charge in [0.2, 0.25) is 5.91 Å². The molecule has 0 spiro atoms. The van der Waals surface area contributed by atoms with Gasteiger partial charge < -0.3 is 19.7 Å². The highest BCUT2D eigenvalue weighted by Gasteiger charge is 2.50. The second-order valence-corrected chi connectivity index (χ2v) is 10.2. The van der Waals surface area contributed by atoms with Crippen molar-refractivity contribution < 1.29 is 41.4 Å². The summed E-state index contributed by atoms with van der Waals surface area (Å²) in [6.45, 7) is 7.40. The quantitative estimate of drug-likeness (QED) is 0.391. The Bertz CT molecular complexity index is 837. The van der Waals surface area contributed by atoms with Gasteiger partial charge in [-0.2, -0.15) is 13.5 Å². The summed E-state index contributed by atoms with van der Waals surface area (Å²) in [6.07, 6.45) is 0.578. The van der Waals surface area contributed by atoms with Crippen LogP contribution in [0.1, 0.15) is 47.5 Å². The van der Waals surface area contributed by atoms with Crippen molar-refractivity contribution in [2.45, 2.75) is 64.8 Å². The van der Waals surface area contributed by atoms with Gasteiger partial charge in [0.05, 0.1) is 18.1 Å². The molecule has 2 aliphatic heterocycles. The number of hydrogen-bond donors (Lipinski definition) is 1. The lowest BCUT2D eigenvalue weighted by Gasteiger charge is -2.29. The zero-order chi connectivity index (χ0) is 23.6. The fourth-order valence-corrected chi connectivity index (χ4v) is 3.91. The van der Waals surface area contributed by atoms with Crippen molar-refractivity contribution in [3.63, 3.8) is 0 Å². The van der Waals surface area contributed by atoms with Gasteiger partial charge in [0.15, 0.2) is 12.0 Å². The second-order valence-electron chi connectivity index (χ2n) is 8.34. The van der Waals surface area contributed by atoms with E-state index in [4.69, 9.17) is 13.8 Å². The lowest BCUT2D eigenvalue weighted by molar-refractivity contribution is -0.154. The first-order valence-corrected chi connectivity index (χ1v) is 11.4. The van der Waals surface area contributed by atoms with Gasteiger partial charge in [-0.25, -0.2) is 4.79 Å². The standard InChI is InChI=1S/C18H29N3O9S/c1-6-28-15(23)11(2)31(26,27)30-21-12-7-8-13(20(9-12)17(21)25)14(22)19-10-29-16(24)18(3,4)5/h11-13H,6-10H2,1-5H3,(H,19,22)/t11?,12-,13+/m1/s1. The van der Waals surface area contributed by atoms with Gasteiger partial charge >= 0.3 is 28.1 Å². The number of urea groups is 1. The smallest absolute Gasteiger partial charge is 0.346 e. The Labute approximate surface area is 181 Å². The molecule has 2 rings (SSSR count). The lowest BCUT2D eigenvalue weighted by atomic mass is 9.97. The van der Waals surface area contributed by atoms with Crippen molar-refractivity contribution in [2.24, 2.45) is 5.41 Å². The van der Waals surface area contributed by atoms with Crippen molar-refractivity contribution in [2.75, 3.05) is 19.9 Å². The number of fused-ring (bicyclic) bond motifs is 2. The minimum atomic E-state index is -4.47. The van der Waals surface area contributed by atoms with E-state index in [0.29, 0.717) is 11.5 Å². The van der Waals surface area contributed by atoms with Crippen molar-refractivity contribution in [1.82, 2.24) is 15.3 Å². The fraction of sp³-hybridized carbons (Fsp3) is 0.778. The molecule has 0 radical (unpaired) electrons. The number of hydroxylamine groups is 2. The Morgan fingerprint density at radius 2 is 1.84 bits per heavy atom. The Balaban J connectivity index is 1.99. The third kappa shape index (κ3) is 5.64. The van der Waals surface area contributed by atoms with E-state index in [1.807, 2.05) is 0 Å². The molecule has 3 amide bonds. The van der Waals surface area contributed by atoms with Gasteiger partial charge in [-0.05, 0) is 47.5 Å². The Morgan fingerprint density at radius 3 is 2.42 bits per heavy atom. The highest BCUT2D eigenvalue weighted by Crippen LogP contribution is 2.31. The molecule has 2 bridgehead atoms. The predicted molar refractivity (Wildman–Crippen MR) is 105 cm³/mol. The molecule has 1 unspecified atom stereocenters. The molecule has 13 heteroatoms. The summed E-state index contributed by atoms with van der Waals surface area (Å²) in [5.41, 5.74) is -0.724. The third-order valence-electron chi connectivity index (χ3n) is 4.92. The molecule has 12 nitrogen and oxygen atoms in total. The van der Waals surface area contributed by atoms with Gasteiger partial charge in [-0.3, -0.25) is 14.4 Å². The van der Waals surface area contributed by atoms with Crippen LogP contribution in [0.4, 0.5) is 4.79 Å². The zero-order valence-corrected chi connectivity index (χ0v) is 19.1. The van der Waals surface area contributed by atoms with Crippen LogP contribution < -0.4 is 5.32 Å². The Hall–Kier alpha value is -2.41. The van der Waals surface area contributed by atoms with E-state index >= 15 is 0 Å². The molecule has 2 saturated heterocycles. The van der Waals surface area contributed by atoms with Crippen LogP contribution in [0.3, 0.4) is 0 Å². The summed E-state index contributed by atoms with van der Waals surface area (Å²) in [7, 11) is -4.47. The zero-order valence-electron chi connectivity index (χ0n) is 18.2. The maximum absolute atomic E-state index is 12.7. The average Bonchev–Trinajstić information content (AvgIpc) is 2.91. The maximum atomic E-state index is 12.7. The summed E-state index contributed by atoms with van der Waals surface area (Å²) in [4.78, 5) is 49.9. The number of carbonyl (C=O) groups excluding carboxylic acids is 4. The van der Waals surface area contributed by atoms with Crippen LogP contribution >= 0.6 is 0 Å². The van der Waals surface area contributed by atoms with Crippen LogP contribution in [0.2, 0.25) is 0 Å². The SMILES string of the molecule is CCOC(=O)C(C)S(=O)(=O)ON1C(=O)N2C[C@H]1CC[C@H]2C(=O)NCOC(=O)C(C)(C)C. The molecule has 2 heterocycles. The number of amides is 3. The minimum Gasteiger partial charge on any atom is -0.465 e. The summed E-state index contributed by atoms with van der Waals surface area (Å²) in [5.74, 6) is -2.01. The molecule has 2 fully saturated rings. The summed E-state index contributed by atoms with van der Waals surface area (Å²) < 4.78 is 39.4. The number of ether oxygens (including phenoxy) is 2. The van der Waals surface area contributed by atoms with Crippen molar-refractivity contribution in [3.8, 4) is 0 Å². The summed E-state index contributed by atoms with van der Waals surface area (Å²) in [6, 6.07) is -2.25. The number of rotatable bonds is 8. The van der Waals surface area contributed by atoms with Crippen LogP contribution in [0, 0.1) is 5.41 Å². The van der Waals surface area contributed by atoms with E-state index in [1.165, 1.54) is 11.8 Å². The molecule has 0 aromatic carbocycles. The Morgan fingerprint density at radius 1 is 1.19 bits per heavy atom. The summed E-state index contributed by atoms with van der Waals surface area (Å²) in [5, 5.41) is 1.53. The van der Waals surface area contributed by atoms with Crippen LogP contribution in [-0.2, 0) is 38.3 Å². The Kier molecular flexibility index (Phi) is 7.53. The topological polar surface area (TPSA) is 149 Å². The monoisotopic (exact) mass is 463 g/mol. The molecule has 1 N–H and O–H groups in total. The highest BCUT2D eigenvalue weighted by atomic mass is 32.2. The number of nitrogens with one attached hydrogen (secondary N) is 1. The van der Waals surface area contributed by atoms with E-state index in [-0.39, 0.29) is 26.3 Å². The molecular formula is C18H29N3O9S. The number of piperidine rings is 1. The first kappa shape index (κ1) is 24.9. The van der Waals surface area contributed by atoms with E-state index in [1.54, 1.807) is 20.8 Å². The molecule has 31 heavy (non-hydrogen) atoms. The molecule has 0 aromatic heterocycles. The van der Waals surface area contributed by atoms with Crippen LogP contribution in [-0.4, -0.2) is 79.5 Å². The van der Waals surface area contributed by atoms with E-state index in [0.717, 1.165) is 6.92 Å². The molecule has 0 aliphatic carbocycles. The molecule has 0 saturated carbocycles. The normalized spacial score (nSPS) is 22.2. The van der Waals surface area contributed by atoms with Gasteiger partial charge in [-0.15, -0.1) is 4.28 Å². The number of carbonyl (C=O) groups is 4. The number of esters is 2. The second kappa shape index (κ2) is 9.39.